The predicted octanol–water partition coefficient (Wildman–Crippen LogP) is 3.48. The maximum absolute atomic E-state index is 12.1. The molecule has 1 aromatic carbocycles. The van der Waals surface area contributed by atoms with Crippen LogP contribution in [0.3, 0.4) is 0 Å². The molecule has 0 spiro atoms. The average Bonchev–Trinajstić information content (AvgIpc) is 3.20. The molecule has 0 fully saturated rings. The van der Waals surface area contributed by atoms with E-state index in [0.29, 0.717) is 23.3 Å². The lowest BCUT2D eigenvalue weighted by Crippen LogP contribution is -2.11. The largest absolute Gasteiger partial charge is 0.494 e. The van der Waals surface area contributed by atoms with Gasteiger partial charge in [-0.05, 0) is 44.2 Å². The highest BCUT2D eigenvalue weighted by Gasteiger charge is 2.16. The van der Waals surface area contributed by atoms with Crippen molar-refractivity contribution in [2.45, 2.75) is 19.0 Å². The molecule has 3 aromatic rings. The Morgan fingerprint density at radius 2 is 1.92 bits per heavy atom. The van der Waals surface area contributed by atoms with Gasteiger partial charge in [0, 0.05) is 7.05 Å². The maximum atomic E-state index is 12.1. The summed E-state index contributed by atoms with van der Waals surface area (Å²) in [4.78, 5) is 12.1. The number of esters is 1. The van der Waals surface area contributed by atoms with Gasteiger partial charge in [0.15, 0.2) is 11.0 Å². The van der Waals surface area contributed by atoms with E-state index in [0.717, 1.165) is 17.1 Å². The number of carbonyl (C=O) groups is 1. The average molecular weight is 373 g/mol. The van der Waals surface area contributed by atoms with Crippen LogP contribution in [0.5, 0.6) is 11.5 Å². The zero-order valence-electron chi connectivity index (χ0n) is 14.8. The number of hydrogen-bond donors (Lipinski definition) is 0. The number of aromatic nitrogens is 3. The van der Waals surface area contributed by atoms with E-state index in [1.54, 1.807) is 30.5 Å². The third-order valence-corrected chi connectivity index (χ3v) is 4.61. The van der Waals surface area contributed by atoms with Gasteiger partial charge in [-0.1, -0.05) is 11.8 Å². The third-order valence-electron chi connectivity index (χ3n) is 3.62. The van der Waals surface area contributed by atoms with Gasteiger partial charge in [-0.2, -0.15) is 0 Å². The van der Waals surface area contributed by atoms with E-state index in [1.807, 2.05) is 31.5 Å². The summed E-state index contributed by atoms with van der Waals surface area (Å²) in [5.41, 5.74) is 0.879. The number of rotatable bonds is 7. The van der Waals surface area contributed by atoms with Crippen molar-refractivity contribution in [3.8, 4) is 22.9 Å². The highest BCUT2D eigenvalue weighted by atomic mass is 32.2. The minimum absolute atomic E-state index is 0.129. The molecule has 0 aliphatic carbocycles. The second-order valence-corrected chi connectivity index (χ2v) is 6.37. The number of hydrogen-bond acceptors (Lipinski definition) is 7. The summed E-state index contributed by atoms with van der Waals surface area (Å²) in [5.74, 6) is 2.45. The molecule has 0 unspecified atom stereocenters. The molecule has 0 bridgehead atoms. The van der Waals surface area contributed by atoms with Crippen LogP contribution in [0.4, 0.5) is 0 Å². The quantitative estimate of drug-likeness (QED) is 0.356. The molecule has 0 saturated heterocycles. The molecule has 0 aliphatic rings. The molecule has 0 radical (unpaired) electrons. The van der Waals surface area contributed by atoms with Crippen LogP contribution in [0.1, 0.15) is 12.7 Å². The van der Waals surface area contributed by atoms with Crippen molar-refractivity contribution in [3.05, 3.63) is 42.4 Å². The first-order valence-corrected chi connectivity index (χ1v) is 9.07. The first-order valence-electron chi connectivity index (χ1n) is 8.08. The molecule has 136 valence electrons. The summed E-state index contributed by atoms with van der Waals surface area (Å²) in [6.07, 6.45) is 1.61. The van der Waals surface area contributed by atoms with Gasteiger partial charge in [-0.3, -0.25) is 4.79 Å². The lowest BCUT2D eigenvalue weighted by molar-refractivity contribution is -0.131. The lowest BCUT2D eigenvalue weighted by Gasteiger charge is -2.06. The van der Waals surface area contributed by atoms with E-state index in [9.17, 15) is 4.79 Å². The number of benzene rings is 1. The normalized spacial score (nSPS) is 10.7. The maximum Gasteiger partial charge on any atom is 0.321 e. The van der Waals surface area contributed by atoms with Crippen LogP contribution in [0.15, 0.2) is 46.2 Å². The molecule has 0 amide bonds. The molecule has 3 rings (SSSR count). The molecule has 2 aromatic heterocycles. The number of nitrogens with zero attached hydrogens (tertiary/aromatic N) is 3. The SMILES string of the molecule is CCOc1ccc(OC(=O)CSc2nnc(-c3ccoc3C)n2C)cc1. The Labute approximate surface area is 155 Å². The van der Waals surface area contributed by atoms with Gasteiger partial charge in [0.25, 0.3) is 0 Å². The summed E-state index contributed by atoms with van der Waals surface area (Å²) < 4.78 is 17.8. The Kier molecular flexibility index (Phi) is 5.62. The van der Waals surface area contributed by atoms with Gasteiger partial charge >= 0.3 is 5.97 Å². The van der Waals surface area contributed by atoms with E-state index < -0.39 is 0 Å². The molecule has 7 nitrogen and oxygen atoms in total. The number of ether oxygens (including phenoxy) is 2. The fourth-order valence-corrected chi connectivity index (χ4v) is 3.03. The first kappa shape index (κ1) is 18.1. The molecule has 0 atom stereocenters. The summed E-state index contributed by atoms with van der Waals surface area (Å²) in [6.45, 7) is 4.37. The standard InChI is InChI=1S/C18H19N3O4S/c1-4-23-13-5-7-14(8-6-13)25-16(22)11-26-18-20-19-17(21(18)3)15-9-10-24-12(15)2/h5-10H,4,11H2,1-3H3. The predicted molar refractivity (Wildman–Crippen MR) is 97.4 cm³/mol. The van der Waals surface area contributed by atoms with Crippen LogP contribution >= 0.6 is 11.8 Å². The second kappa shape index (κ2) is 8.09. The Balaban J connectivity index is 1.58. The van der Waals surface area contributed by atoms with E-state index in [1.165, 1.54) is 11.8 Å². The third kappa shape index (κ3) is 4.08. The van der Waals surface area contributed by atoms with Gasteiger partial charge in [0.05, 0.1) is 24.2 Å². The Bertz CT molecular complexity index is 886. The fourth-order valence-electron chi connectivity index (χ4n) is 2.35. The summed E-state index contributed by atoms with van der Waals surface area (Å²) in [7, 11) is 1.85. The van der Waals surface area contributed by atoms with Crippen LogP contribution in [0.2, 0.25) is 0 Å². The summed E-state index contributed by atoms with van der Waals surface area (Å²) in [6, 6.07) is 8.78. The van der Waals surface area contributed by atoms with E-state index in [4.69, 9.17) is 13.9 Å². The molecule has 2 heterocycles. The Morgan fingerprint density at radius 1 is 1.19 bits per heavy atom. The molecular formula is C18H19N3O4S. The lowest BCUT2D eigenvalue weighted by atomic mass is 10.2. The van der Waals surface area contributed by atoms with Gasteiger partial charge in [-0.25, -0.2) is 0 Å². The van der Waals surface area contributed by atoms with Gasteiger partial charge in [0.1, 0.15) is 17.3 Å². The van der Waals surface area contributed by atoms with Crippen LogP contribution in [-0.2, 0) is 11.8 Å². The van der Waals surface area contributed by atoms with Gasteiger partial charge < -0.3 is 18.5 Å². The number of aryl methyl sites for hydroxylation is 1. The number of carbonyl (C=O) groups excluding carboxylic acids is 1. The van der Waals surface area contributed by atoms with E-state index in [2.05, 4.69) is 10.2 Å². The summed E-state index contributed by atoms with van der Waals surface area (Å²) >= 11 is 1.27. The van der Waals surface area contributed by atoms with E-state index >= 15 is 0 Å². The van der Waals surface area contributed by atoms with Crippen molar-refractivity contribution in [2.75, 3.05) is 12.4 Å². The Hall–Kier alpha value is -2.74. The smallest absolute Gasteiger partial charge is 0.321 e. The number of thioether (sulfide) groups is 1. The van der Waals surface area contributed by atoms with Crippen LogP contribution < -0.4 is 9.47 Å². The zero-order valence-corrected chi connectivity index (χ0v) is 15.6. The number of furan rings is 1. The highest BCUT2D eigenvalue weighted by molar-refractivity contribution is 7.99. The Morgan fingerprint density at radius 3 is 2.58 bits per heavy atom. The van der Waals surface area contributed by atoms with Crippen LogP contribution in [-0.4, -0.2) is 33.1 Å². The minimum Gasteiger partial charge on any atom is -0.494 e. The van der Waals surface area contributed by atoms with E-state index in [-0.39, 0.29) is 11.7 Å². The van der Waals surface area contributed by atoms with Crippen molar-refractivity contribution in [1.29, 1.82) is 0 Å². The van der Waals surface area contributed by atoms with Crippen molar-refractivity contribution < 1.29 is 18.7 Å². The van der Waals surface area contributed by atoms with Gasteiger partial charge in [0.2, 0.25) is 0 Å². The minimum atomic E-state index is -0.358. The van der Waals surface area contributed by atoms with Crippen LogP contribution in [0, 0.1) is 6.92 Å². The summed E-state index contributed by atoms with van der Waals surface area (Å²) in [5, 5.41) is 8.94. The molecular weight excluding hydrogens is 354 g/mol. The molecule has 0 aliphatic heterocycles. The van der Waals surface area contributed by atoms with Gasteiger partial charge in [-0.15, -0.1) is 10.2 Å². The topological polar surface area (TPSA) is 79.4 Å². The fraction of sp³-hybridized carbons (Fsp3) is 0.278. The zero-order chi connectivity index (χ0) is 18.5. The van der Waals surface area contributed by atoms with Crippen molar-refractivity contribution in [3.63, 3.8) is 0 Å². The molecule has 0 saturated carbocycles. The van der Waals surface area contributed by atoms with Crippen molar-refractivity contribution in [2.24, 2.45) is 7.05 Å². The monoisotopic (exact) mass is 373 g/mol. The second-order valence-electron chi connectivity index (χ2n) is 5.42. The van der Waals surface area contributed by atoms with Crippen molar-refractivity contribution in [1.82, 2.24) is 14.8 Å². The van der Waals surface area contributed by atoms with Crippen molar-refractivity contribution >= 4 is 17.7 Å². The molecule has 26 heavy (non-hydrogen) atoms. The molecule has 0 N–H and O–H groups in total. The molecule has 8 heteroatoms. The first-order chi connectivity index (χ1) is 12.6. The highest BCUT2D eigenvalue weighted by Crippen LogP contribution is 2.26. The van der Waals surface area contributed by atoms with Crippen LogP contribution in [0.25, 0.3) is 11.4 Å².